The molecule has 1 aliphatic heterocycles. The van der Waals surface area contributed by atoms with Crippen molar-refractivity contribution in [2.24, 2.45) is 0 Å². The van der Waals surface area contributed by atoms with E-state index in [1.165, 1.54) is 20.4 Å². The zero-order chi connectivity index (χ0) is 22.1. The molecule has 3 aromatic rings. The number of anilines is 2. The van der Waals surface area contributed by atoms with Crippen LogP contribution < -0.4 is 20.5 Å². The van der Waals surface area contributed by atoms with Crippen LogP contribution in [0.3, 0.4) is 0 Å². The molecular weight excluding hydrogens is 445 g/mol. The number of nitrogen functional groups attached to an aromatic ring is 1. The van der Waals surface area contributed by atoms with Crippen molar-refractivity contribution in [1.29, 1.82) is 0 Å². The molecule has 2 aromatic heterocycles. The Labute approximate surface area is 187 Å². The van der Waals surface area contributed by atoms with E-state index >= 15 is 0 Å². The number of fused-ring (bicyclic) bond motifs is 1. The van der Waals surface area contributed by atoms with Gasteiger partial charge in [0.1, 0.15) is 29.2 Å². The number of hydrogen-bond acceptors (Lipinski definition) is 8. The van der Waals surface area contributed by atoms with Crippen molar-refractivity contribution in [2.45, 2.75) is 18.9 Å². The summed E-state index contributed by atoms with van der Waals surface area (Å²) in [5, 5.41) is 3.73. The van der Waals surface area contributed by atoms with Crippen LogP contribution in [0.15, 0.2) is 18.3 Å². The molecule has 9 nitrogen and oxygen atoms in total. The lowest BCUT2D eigenvalue weighted by Gasteiger charge is -2.16. The highest BCUT2D eigenvalue weighted by atomic mass is 35.5. The van der Waals surface area contributed by atoms with E-state index in [1.54, 1.807) is 12.1 Å². The summed E-state index contributed by atoms with van der Waals surface area (Å²) in [7, 11) is 2.94. The van der Waals surface area contributed by atoms with Crippen LogP contribution in [0.1, 0.15) is 12.8 Å². The Morgan fingerprint density at radius 1 is 1.19 bits per heavy atom. The quantitative estimate of drug-likeness (QED) is 0.586. The van der Waals surface area contributed by atoms with E-state index in [1.807, 2.05) is 0 Å². The molecule has 1 amide bonds. The minimum absolute atomic E-state index is 0.161. The van der Waals surface area contributed by atoms with Gasteiger partial charge < -0.3 is 25.3 Å². The van der Waals surface area contributed by atoms with Gasteiger partial charge in [-0.25, -0.2) is 15.0 Å². The number of hydrogen-bond donors (Lipinski definition) is 2. The van der Waals surface area contributed by atoms with Gasteiger partial charge in [0.25, 0.3) is 5.91 Å². The lowest BCUT2D eigenvalue weighted by atomic mass is 10.1. The molecule has 3 N–H and O–H groups in total. The molecule has 162 valence electrons. The normalized spacial score (nSPS) is 15.8. The van der Waals surface area contributed by atoms with Crippen molar-refractivity contribution in [3.63, 3.8) is 0 Å². The predicted molar refractivity (Wildman–Crippen MR) is 118 cm³/mol. The molecule has 1 unspecified atom stereocenters. The minimum atomic E-state index is -0.545. The Kier molecular flexibility index (Phi) is 5.99. The molecule has 1 saturated heterocycles. The maximum absolute atomic E-state index is 12.7. The van der Waals surface area contributed by atoms with Crippen LogP contribution in [0, 0.1) is 0 Å². The standard InChI is InChI=1S/C20H19Cl2N5O4/c1-29-12-7-13(30-2)17(22)15(16(12)21)19-25-10-8-24-14(23)6-9(10)18(26-19)27-20(28)11-4-3-5-31-11/h6-8,11H,3-5H2,1-2H3,(H2,23,24)(H,25,26,27,28). The van der Waals surface area contributed by atoms with Gasteiger partial charge in [0.05, 0.1) is 41.5 Å². The maximum Gasteiger partial charge on any atom is 0.254 e. The smallest absolute Gasteiger partial charge is 0.254 e. The average Bonchev–Trinajstić information content (AvgIpc) is 3.30. The van der Waals surface area contributed by atoms with Gasteiger partial charge in [-0.2, -0.15) is 0 Å². The third-order valence-corrected chi connectivity index (χ3v) is 5.61. The van der Waals surface area contributed by atoms with Crippen LogP contribution in [0.4, 0.5) is 11.6 Å². The number of ether oxygens (including phenoxy) is 3. The molecule has 4 rings (SSSR count). The van der Waals surface area contributed by atoms with E-state index in [-0.39, 0.29) is 33.4 Å². The molecular formula is C20H19Cl2N5O4. The molecule has 3 heterocycles. The number of methoxy groups -OCH3 is 2. The van der Waals surface area contributed by atoms with Crippen molar-refractivity contribution < 1.29 is 19.0 Å². The van der Waals surface area contributed by atoms with Crippen LogP contribution in [0.2, 0.25) is 10.0 Å². The van der Waals surface area contributed by atoms with Gasteiger partial charge in [0.15, 0.2) is 5.82 Å². The van der Waals surface area contributed by atoms with Gasteiger partial charge in [-0.05, 0) is 18.9 Å². The van der Waals surface area contributed by atoms with Gasteiger partial charge in [-0.1, -0.05) is 23.2 Å². The molecule has 0 saturated carbocycles. The number of amides is 1. The zero-order valence-corrected chi connectivity index (χ0v) is 18.3. The Balaban J connectivity index is 1.90. The number of rotatable bonds is 5. The van der Waals surface area contributed by atoms with Crippen molar-refractivity contribution in [1.82, 2.24) is 15.0 Å². The molecule has 11 heteroatoms. The fourth-order valence-corrected chi connectivity index (χ4v) is 3.99. The predicted octanol–water partition coefficient (Wildman–Crippen LogP) is 3.72. The lowest BCUT2D eigenvalue weighted by molar-refractivity contribution is -0.124. The van der Waals surface area contributed by atoms with Gasteiger partial charge in [0.2, 0.25) is 0 Å². The Morgan fingerprint density at radius 2 is 1.90 bits per heavy atom. The SMILES string of the molecule is COc1cc(OC)c(Cl)c(-c2nc(NC(=O)C3CCCO3)c3cc(N)ncc3n2)c1Cl. The van der Waals surface area contributed by atoms with Crippen molar-refractivity contribution in [3.8, 4) is 22.9 Å². The van der Waals surface area contributed by atoms with Crippen LogP contribution >= 0.6 is 23.2 Å². The second-order valence-corrected chi connectivity index (χ2v) is 7.55. The largest absolute Gasteiger partial charge is 0.495 e. The molecule has 1 fully saturated rings. The number of halogens is 2. The molecule has 0 aliphatic carbocycles. The maximum atomic E-state index is 12.7. The fourth-order valence-electron chi connectivity index (χ4n) is 3.32. The van der Waals surface area contributed by atoms with Crippen molar-refractivity contribution >= 4 is 51.6 Å². The summed E-state index contributed by atoms with van der Waals surface area (Å²) in [4.78, 5) is 25.8. The molecule has 0 radical (unpaired) electrons. The number of nitrogens with two attached hydrogens (primary N) is 1. The summed E-state index contributed by atoms with van der Waals surface area (Å²) in [6.07, 6.45) is 2.39. The molecule has 1 aromatic carbocycles. The average molecular weight is 464 g/mol. The number of nitrogens with one attached hydrogen (secondary N) is 1. The number of pyridine rings is 1. The first-order valence-electron chi connectivity index (χ1n) is 9.39. The second-order valence-electron chi connectivity index (χ2n) is 6.80. The molecule has 0 bridgehead atoms. The third-order valence-electron chi connectivity index (χ3n) is 4.86. The number of nitrogens with zero attached hydrogens (tertiary/aromatic N) is 3. The van der Waals surface area contributed by atoms with Gasteiger partial charge in [-0.3, -0.25) is 4.79 Å². The molecule has 1 aliphatic rings. The first kappa shape index (κ1) is 21.4. The van der Waals surface area contributed by atoms with E-state index < -0.39 is 6.10 Å². The Hall–Kier alpha value is -2.88. The topological polar surface area (TPSA) is 121 Å². The number of carbonyl (C=O) groups is 1. The fraction of sp³-hybridized carbons (Fsp3) is 0.300. The Morgan fingerprint density at radius 3 is 2.52 bits per heavy atom. The van der Waals surface area contributed by atoms with Gasteiger partial charge in [-0.15, -0.1) is 0 Å². The summed E-state index contributed by atoms with van der Waals surface area (Å²) in [6.45, 7) is 0.541. The Bertz CT molecular complexity index is 1140. The summed E-state index contributed by atoms with van der Waals surface area (Å²) in [5.41, 5.74) is 6.58. The van der Waals surface area contributed by atoms with Gasteiger partial charge in [0, 0.05) is 18.1 Å². The minimum Gasteiger partial charge on any atom is -0.495 e. The summed E-state index contributed by atoms with van der Waals surface area (Å²) < 4.78 is 16.1. The van der Waals surface area contributed by atoms with Gasteiger partial charge >= 0.3 is 0 Å². The van der Waals surface area contributed by atoms with E-state index in [4.69, 9.17) is 43.1 Å². The number of aromatic nitrogens is 3. The second kappa shape index (κ2) is 8.70. The molecule has 31 heavy (non-hydrogen) atoms. The molecule has 0 spiro atoms. The summed E-state index contributed by atoms with van der Waals surface area (Å²) in [6, 6.07) is 3.15. The third kappa shape index (κ3) is 4.04. The van der Waals surface area contributed by atoms with Crippen molar-refractivity contribution in [2.75, 3.05) is 31.9 Å². The number of carbonyl (C=O) groups excluding carboxylic acids is 1. The van der Waals surface area contributed by atoms with Crippen LogP contribution in [-0.4, -0.2) is 47.8 Å². The monoisotopic (exact) mass is 463 g/mol. The van der Waals surface area contributed by atoms with E-state index in [0.717, 1.165) is 6.42 Å². The first-order chi connectivity index (χ1) is 14.9. The van der Waals surface area contributed by atoms with E-state index in [0.29, 0.717) is 41.0 Å². The first-order valence-corrected chi connectivity index (χ1v) is 10.1. The van der Waals surface area contributed by atoms with E-state index in [9.17, 15) is 4.79 Å². The summed E-state index contributed by atoms with van der Waals surface area (Å²) in [5.74, 6) is 1.02. The summed E-state index contributed by atoms with van der Waals surface area (Å²) >= 11 is 13.1. The highest BCUT2D eigenvalue weighted by Gasteiger charge is 2.26. The van der Waals surface area contributed by atoms with Crippen LogP contribution in [-0.2, 0) is 9.53 Å². The van der Waals surface area contributed by atoms with Crippen LogP contribution in [0.25, 0.3) is 22.3 Å². The molecule has 1 atom stereocenters. The highest BCUT2D eigenvalue weighted by Crippen LogP contribution is 2.45. The lowest BCUT2D eigenvalue weighted by Crippen LogP contribution is -2.27. The zero-order valence-electron chi connectivity index (χ0n) is 16.7. The highest BCUT2D eigenvalue weighted by molar-refractivity contribution is 6.41. The van der Waals surface area contributed by atoms with Crippen LogP contribution in [0.5, 0.6) is 11.5 Å². The van der Waals surface area contributed by atoms with E-state index in [2.05, 4.69) is 20.3 Å². The number of benzene rings is 1. The van der Waals surface area contributed by atoms with Crippen molar-refractivity contribution in [3.05, 3.63) is 28.4 Å².